The van der Waals surface area contributed by atoms with Crippen molar-refractivity contribution in [1.82, 2.24) is 0 Å². The molecule has 0 fully saturated rings. The monoisotopic (exact) mass is 166 g/mol. The molecule has 1 aromatic rings. The predicted molar refractivity (Wildman–Crippen MR) is 44.1 cm³/mol. The first-order valence-corrected chi connectivity index (χ1v) is 3.68. The molecule has 0 aliphatic rings. The summed E-state index contributed by atoms with van der Waals surface area (Å²) in [6.07, 6.45) is 0.191. The molecule has 0 radical (unpaired) electrons. The summed E-state index contributed by atoms with van der Waals surface area (Å²) in [5, 5.41) is 0. The van der Waals surface area contributed by atoms with E-state index in [1.807, 2.05) is 0 Å². The van der Waals surface area contributed by atoms with Crippen LogP contribution in [0.15, 0.2) is 21.3 Å². The first kappa shape index (κ1) is 8.71. The number of hydrogen-bond donors (Lipinski definition) is 0. The van der Waals surface area contributed by atoms with Crippen molar-refractivity contribution in [2.24, 2.45) is 0 Å². The van der Waals surface area contributed by atoms with Crippen LogP contribution < -0.4 is 5.63 Å². The number of hydrogen-bond acceptors (Lipinski definition) is 3. The van der Waals surface area contributed by atoms with Crippen molar-refractivity contribution in [2.45, 2.75) is 20.3 Å². The molecule has 12 heavy (non-hydrogen) atoms. The molecular weight excluding hydrogens is 156 g/mol. The maximum atomic E-state index is 10.8. The second-order valence-corrected chi connectivity index (χ2v) is 2.80. The molecule has 1 heterocycles. The molecule has 0 atom stereocenters. The predicted octanol–water partition coefficient (Wildman–Crippen LogP) is 1.08. The van der Waals surface area contributed by atoms with Gasteiger partial charge in [-0.25, -0.2) is 4.79 Å². The smallest absolute Gasteiger partial charge is 0.336 e. The number of aryl methyl sites for hydroxylation is 1. The average molecular weight is 166 g/mol. The standard InChI is InChI=1S/C9H10O3/c1-6-3-8(5-7(2)10)12-9(11)4-6/h3-4H,5H2,1-2H3. The van der Waals surface area contributed by atoms with E-state index in [0.717, 1.165) is 5.56 Å². The van der Waals surface area contributed by atoms with Gasteiger partial charge in [0.25, 0.3) is 0 Å². The Hall–Kier alpha value is -1.38. The first-order valence-electron chi connectivity index (χ1n) is 3.68. The van der Waals surface area contributed by atoms with Crippen LogP contribution in [-0.2, 0) is 11.2 Å². The quantitative estimate of drug-likeness (QED) is 0.660. The third-order valence-corrected chi connectivity index (χ3v) is 1.39. The lowest BCUT2D eigenvalue weighted by Crippen LogP contribution is -2.04. The van der Waals surface area contributed by atoms with Gasteiger partial charge in [0, 0.05) is 6.07 Å². The summed E-state index contributed by atoms with van der Waals surface area (Å²) in [6.45, 7) is 3.25. The molecule has 64 valence electrons. The van der Waals surface area contributed by atoms with E-state index in [1.165, 1.54) is 13.0 Å². The third kappa shape index (κ3) is 2.34. The van der Waals surface area contributed by atoms with E-state index in [-0.39, 0.29) is 12.2 Å². The Morgan fingerprint density at radius 1 is 1.50 bits per heavy atom. The first-order chi connectivity index (χ1) is 5.58. The lowest BCUT2D eigenvalue weighted by atomic mass is 10.2. The highest BCUT2D eigenvalue weighted by molar-refractivity contribution is 5.77. The number of ketones is 1. The van der Waals surface area contributed by atoms with Gasteiger partial charge in [-0.05, 0) is 25.5 Å². The molecule has 0 spiro atoms. The van der Waals surface area contributed by atoms with E-state index in [0.29, 0.717) is 5.76 Å². The summed E-state index contributed by atoms with van der Waals surface area (Å²) < 4.78 is 4.79. The average Bonchev–Trinajstić information content (AvgIpc) is 1.81. The van der Waals surface area contributed by atoms with E-state index in [4.69, 9.17) is 4.42 Å². The molecule has 1 rings (SSSR count). The number of Topliss-reactive ketones (excluding diaryl/α,β-unsaturated/α-hetero) is 1. The Bertz CT molecular complexity index is 349. The van der Waals surface area contributed by atoms with Crippen LogP contribution >= 0.6 is 0 Å². The Morgan fingerprint density at radius 2 is 2.17 bits per heavy atom. The van der Waals surface area contributed by atoms with Crippen LogP contribution in [0.25, 0.3) is 0 Å². The van der Waals surface area contributed by atoms with Gasteiger partial charge in [-0.3, -0.25) is 4.79 Å². The molecule has 0 aromatic carbocycles. The Morgan fingerprint density at radius 3 is 2.67 bits per heavy atom. The van der Waals surface area contributed by atoms with Crippen molar-refractivity contribution in [2.75, 3.05) is 0 Å². The van der Waals surface area contributed by atoms with Crippen LogP contribution in [0.2, 0.25) is 0 Å². The van der Waals surface area contributed by atoms with Crippen LogP contribution in [0.5, 0.6) is 0 Å². The number of carbonyl (C=O) groups excluding carboxylic acids is 1. The van der Waals surface area contributed by atoms with E-state index < -0.39 is 5.63 Å². The van der Waals surface area contributed by atoms with Crippen LogP contribution in [0, 0.1) is 6.92 Å². The van der Waals surface area contributed by atoms with E-state index in [1.54, 1.807) is 13.0 Å². The summed E-state index contributed by atoms with van der Waals surface area (Å²) in [5.41, 5.74) is 0.425. The minimum absolute atomic E-state index is 0.0104. The van der Waals surface area contributed by atoms with Gasteiger partial charge < -0.3 is 4.42 Å². The molecule has 0 aliphatic carbocycles. The van der Waals surface area contributed by atoms with Crippen molar-refractivity contribution >= 4 is 5.78 Å². The minimum Gasteiger partial charge on any atom is -0.427 e. The highest BCUT2D eigenvalue weighted by Gasteiger charge is 2.01. The van der Waals surface area contributed by atoms with Crippen LogP contribution in [0.1, 0.15) is 18.2 Å². The minimum atomic E-state index is -0.397. The van der Waals surface area contributed by atoms with Crippen LogP contribution in [-0.4, -0.2) is 5.78 Å². The van der Waals surface area contributed by atoms with E-state index in [2.05, 4.69) is 0 Å². The number of rotatable bonds is 2. The Balaban J connectivity index is 3.01. The second-order valence-electron chi connectivity index (χ2n) is 2.80. The van der Waals surface area contributed by atoms with Gasteiger partial charge in [0.05, 0.1) is 6.42 Å². The van der Waals surface area contributed by atoms with Gasteiger partial charge in [0.2, 0.25) is 0 Å². The van der Waals surface area contributed by atoms with Gasteiger partial charge in [0.1, 0.15) is 11.5 Å². The SMILES string of the molecule is CC(=O)Cc1cc(C)cc(=O)o1. The zero-order chi connectivity index (χ0) is 9.14. The zero-order valence-corrected chi connectivity index (χ0v) is 7.09. The van der Waals surface area contributed by atoms with Gasteiger partial charge >= 0.3 is 5.63 Å². The van der Waals surface area contributed by atoms with Gasteiger partial charge in [-0.15, -0.1) is 0 Å². The molecule has 0 saturated heterocycles. The van der Waals surface area contributed by atoms with Crippen LogP contribution in [0.4, 0.5) is 0 Å². The number of carbonyl (C=O) groups is 1. The summed E-state index contributed by atoms with van der Waals surface area (Å²) in [5.74, 6) is 0.427. The highest BCUT2D eigenvalue weighted by atomic mass is 16.4. The third-order valence-electron chi connectivity index (χ3n) is 1.39. The summed E-state index contributed by atoms with van der Waals surface area (Å²) >= 11 is 0. The molecule has 0 amide bonds. The largest absolute Gasteiger partial charge is 0.427 e. The molecule has 0 unspecified atom stereocenters. The highest BCUT2D eigenvalue weighted by Crippen LogP contribution is 2.01. The van der Waals surface area contributed by atoms with Gasteiger partial charge in [-0.2, -0.15) is 0 Å². The van der Waals surface area contributed by atoms with E-state index >= 15 is 0 Å². The lowest BCUT2D eigenvalue weighted by Gasteiger charge is -1.96. The molecular formula is C9H10O3. The van der Waals surface area contributed by atoms with Crippen molar-refractivity contribution in [3.63, 3.8) is 0 Å². The fourth-order valence-corrected chi connectivity index (χ4v) is 1.00. The Labute approximate surface area is 70.0 Å². The Kier molecular flexibility index (Phi) is 2.43. The molecule has 0 aliphatic heterocycles. The molecule has 0 bridgehead atoms. The maximum Gasteiger partial charge on any atom is 0.336 e. The molecule has 1 aromatic heterocycles. The van der Waals surface area contributed by atoms with E-state index in [9.17, 15) is 9.59 Å². The summed E-state index contributed by atoms with van der Waals surface area (Å²) in [7, 11) is 0. The van der Waals surface area contributed by atoms with Crippen molar-refractivity contribution in [3.05, 3.63) is 33.9 Å². The van der Waals surface area contributed by atoms with Crippen molar-refractivity contribution < 1.29 is 9.21 Å². The topological polar surface area (TPSA) is 47.3 Å². The fraction of sp³-hybridized carbons (Fsp3) is 0.333. The molecule has 3 nitrogen and oxygen atoms in total. The van der Waals surface area contributed by atoms with Gasteiger partial charge in [-0.1, -0.05) is 0 Å². The van der Waals surface area contributed by atoms with Gasteiger partial charge in [0.15, 0.2) is 0 Å². The molecule has 3 heteroatoms. The van der Waals surface area contributed by atoms with Crippen molar-refractivity contribution in [3.8, 4) is 0 Å². The van der Waals surface area contributed by atoms with Crippen molar-refractivity contribution in [1.29, 1.82) is 0 Å². The van der Waals surface area contributed by atoms with Crippen LogP contribution in [0.3, 0.4) is 0 Å². The zero-order valence-electron chi connectivity index (χ0n) is 7.09. The lowest BCUT2D eigenvalue weighted by molar-refractivity contribution is -0.116. The summed E-state index contributed by atoms with van der Waals surface area (Å²) in [6, 6.07) is 3.09. The fourth-order valence-electron chi connectivity index (χ4n) is 1.00. The second kappa shape index (κ2) is 3.34. The normalized spacial score (nSPS) is 9.83. The summed E-state index contributed by atoms with van der Waals surface area (Å²) in [4.78, 5) is 21.5. The molecule has 0 N–H and O–H groups in total. The maximum absolute atomic E-state index is 10.8. The molecule has 0 saturated carbocycles.